The second kappa shape index (κ2) is 9.13. The van der Waals surface area contributed by atoms with Crippen LogP contribution in [0.15, 0.2) is 30.4 Å². The molecule has 1 N–H and O–H groups in total. The third-order valence-corrected chi connectivity index (χ3v) is 5.26. The van der Waals surface area contributed by atoms with E-state index in [1.807, 2.05) is 0 Å². The maximum atomic E-state index is 13.0. The lowest BCUT2D eigenvalue weighted by Crippen LogP contribution is -2.58. The molecule has 1 aliphatic carbocycles. The molecule has 0 aromatic heterocycles. The van der Waals surface area contributed by atoms with Crippen LogP contribution >= 0.6 is 11.6 Å². The molecule has 1 aromatic carbocycles. The van der Waals surface area contributed by atoms with Gasteiger partial charge in [-0.05, 0) is 36.6 Å². The van der Waals surface area contributed by atoms with E-state index in [1.165, 1.54) is 18.1 Å². The summed E-state index contributed by atoms with van der Waals surface area (Å²) in [6, 6.07) is 2.32. The van der Waals surface area contributed by atoms with Gasteiger partial charge in [-0.2, -0.15) is 0 Å². The molecule has 29 heavy (non-hydrogen) atoms. The third kappa shape index (κ3) is 4.45. The van der Waals surface area contributed by atoms with Crippen LogP contribution in [0.1, 0.15) is 37.7 Å². The first-order chi connectivity index (χ1) is 14.0. The maximum Gasteiger partial charge on any atom is 0.331 e. The molecule has 0 spiro atoms. The summed E-state index contributed by atoms with van der Waals surface area (Å²) in [5.41, 5.74) is 0.363. The number of carbonyl (C=O) groups is 3. The number of carbonyl (C=O) groups excluding carboxylic acids is 3. The molecule has 1 aromatic rings. The molecule has 4 amide bonds. The number of imide groups is 2. The van der Waals surface area contributed by atoms with E-state index < -0.39 is 17.8 Å². The fourth-order valence-electron chi connectivity index (χ4n) is 3.61. The van der Waals surface area contributed by atoms with E-state index >= 15 is 0 Å². The quantitative estimate of drug-likeness (QED) is 0.432. The zero-order valence-corrected chi connectivity index (χ0v) is 17.0. The predicted molar refractivity (Wildman–Crippen MR) is 109 cm³/mol. The molecule has 154 valence electrons. The number of hydrogen-bond donors (Lipinski definition) is 1. The van der Waals surface area contributed by atoms with Crippen LogP contribution < -0.4 is 14.8 Å². The van der Waals surface area contributed by atoms with Gasteiger partial charge in [0.15, 0.2) is 11.5 Å². The summed E-state index contributed by atoms with van der Waals surface area (Å²) in [6.45, 7) is 3.84. The van der Waals surface area contributed by atoms with Crippen molar-refractivity contribution in [2.75, 3.05) is 13.7 Å². The van der Waals surface area contributed by atoms with Crippen LogP contribution in [0.5, 0.6) is 11.5 Å². The highest BCUT2D eigenvalue weighted by Gasteiger charge is 2.40. The molecule has 2 aliphatic rings. The Bertz CT molecular complexity index is 874. The van der Waals surface area contributed by atoms with E-state index in [9.17, 15) is 14.4 Å². The fourth-order valence-corrected chi connectivity index (χ4v) is 3.89. The minimum Gasteiger partial charge on any atom is -0.493 e. The minimum absolute atomic E-state index is 0.118. The molecule has 0 bridgehead atoms. The summed E-state index contributed by atoms with van der Waals surface area (Å²) in [5.74, 6) is -0.619. The molecule has 0 atom stereocenters. The SMILES string of the molecule is C=CCOc1c(Cl)cc(C=C2C(=O)NC(=O)N(C3CCCCC3)C2=O)cc1OC. The lowest BCUT2D eigenvalue weighted by molar-refractivity contribution is -0.132. The van der Waals surface area contributed by atoms with Gasteiger partial charge in [0.2, 0.25) is 0 Å². The van der Waals surface area contributed by atoms with Gasteiger partial charge in [0.05, 0.1) is 12.1 Å². The van der Waals surface area contributed by atoms with Crippen molar-refractivity contribution >= 4 is 35.5 Å². The van der Waals surface area contributed by atoms with E-state index in [0.29, 0.717) is 17.1 Å². The van der Waals surface area contributed by atoms with Crippen molar-refractivity contribution in [3.05, 3.63) is 40.9 Å². The van der Waals surface area contributed by atoms with Gasteiger partial charge >= 0.3 is 6.03 Å². The number of methoxy groups -OCH3 is 1. The lowest BCUT2D eigenvalue weighted by Gasteiger charge is -2.35. The predicted octanol–water partition coefficient (Wildman–Crippen LogP) is 3.71. The van der Waals surface area contributed by atoms with Crippen LogP contribution in [0.3, 0.4) is 0 Å². The summed E-state index contributed by atoms with van der Waals surface area (Å²) in [6.07, 6.45) is 7.46. The topological polar surface area (TPSA) is 84.9 Å². The molecule has 8 heteroatoms. The van der Waals surface area contributed by atoms with Crippen LogP contribution in [-0.4, -0.2) is 42.5 Å². The number of nitrogens with one attached hydrogen (secondary N) is 1. The molecular weight excluding hydrogens is 396 g/mol. The van der Waals surface area contributed by atoms with Gasteiger partial charge in [-0.15, -0.1) is 0 Å². The monoisotopic (exact) mass is 418 g/mol. The average molecular weight is 419 g/mol. The standard InChI is InChI=1S/C21H23ClN2O5/c1-3-9-29-18-16(22)11-13(12-17(18)28-2)10-15-19(25)23-21(27)24(20(15)26)14-7-5-4-6-8-14/h3,10-12,14H,1,4-9H2,2H3,(H,23,25,27). The summed E-state index contributed by atoms with van der Waals surface area (Å²) >= 11 is 6.29. The highest BCUT2D eigenvalue weighted by Crippen LogP contribution is 2.37. The van der Waals surface area contributed by atoms with Crippen molar-refractivity contribution in [3.8, 4) is 11.5 Å². The second-order valence-electron chi connectivity index (χ2n) is 6.92. The number of rotatable bonds is 6. The van der Waals surface area contributed by atoms with Crippen molar-refractivity contribution in [3.63, 3.8) is 0 Å². The molecule has 2 fully saturated rings. The van der Waals surface area contributed by atoms with Gasteiger partial charge in [0, 0.05) is 6.04 Å². The molecule has 1 aliphatic heterocycles. The van der Waals surface area contributed by atoms with E-state index in [1.54, 1.807) is 18.2 Å². The molecule has 0 radical (unpaired) electrons. The van der Waals surface area contributed by atoms with Crippen molar-refractivity contribution in [1.29, 1.82) is 0 Å². The molecule has 1 saturated carbocycles. The normalized spacial score (nSPS) is 19.3. The number of urea groups is 1. The van der Waals surface area contributed by atoms with E-state index in [-0.39, 0.29) is 23.2 Å². The van der Waals surface area contributed by atoms with Crippen molar-refractivity contribution < 1.29 is 23.9 Å². The summed E-state index contributed by atoms with van der Waals surface area (Å²) in [4.78, 5) is 38.8. The number of nitrogens with zero attached hydrogens (tertiary/aromatic N) is 1. The first kappa shape index (κ1) is 20.9. The number of hydrogen-bond acceptors (Lipinski definition) is 5. The van der Waals surface area contributed by atoms with E-state index in [2.05, 4.69) is 11.9 Å². The molecule has 7 nitrogen and oxygen atoms in total. The molecule has 1 heterocycles. The Hall–Kier alpha value is -2.80. The average Bonchev–Trinajstić information content (AvgIpc) is 2.70. The zero-order valence-electron chi connectivity index (χ0n) is 16.2. The number of barbiturate groups is 1. The Kier molecular flexibility index (Phi) is 6.59. The first-order valence-corrected chi connectivity index (χ1v) is 9.85. The zero-order chi connectivity index (χ0) is 21.0. The van der Waals surface area contributed by atoms with E-state index in [4.69, 9.17) is 21.1 Å². The van der Waals surface area contributed by atoms with Crippen molar-refractivity contribution in [2.24, 2.45) is 0 Å². The van der Waals surface area contributed by atoms with Gasteiger partial charge in [0.25, 0.3) is 11.8 Å². The Morgan fingerprint density at radius 3 is 2.62 bits per heavy atom. The van der Waals surface area contributed by atoms with E-state index in [0.717, 1.165) is 32.1 Å². The smallest absolute Gasteiger partial charge is 0.331 e. The van der Waals surface area contributed by atoms with Gasteiger partial charge in [-0.1, -0.05) is 43.5 Å². The second-order valence-corrected chi connectivity index (χ2v) is 7.33. The van der Waals surface area contributed by atoms with Crippen LogP contribution in [0.2, 0.25) is 5.02 Å². The first-order valence-electron chi connectivity index (χ1n) is 9.48. The minimum atomic E-state index is -0.728. The van der Waals surface area contributed by atoms with Crippen LogP contribution in [0, 0.1) is 0 Å². The molecular formula is C21H23ClN2O5. The summed E-state index contributed by atoms with van der Waals surface area (Å²) in [5, 5.41) is 2.53. The lowest BCUT2D eigenvalue weighted by atomic mass is 9.93. The highest BCUT2D eigenvalue weighted by atomic mass is 35.5. The summed E-state index contributed by atoms with van der Waals surface area (Å²) in [7, 11) is 1.46. The number of amides is 4. The van der Waals surface area contributed by atoms with Crippen LogP contribution in [-0.2, 0) is 9.59 Å². The number of halogens is 1. The Labute approximate surface area is 174 Å². The largest absolute Gasteiger partial charge is 0.493 e. The Morgan fingerprint density at radius 1 is 1.24 bits per heavy atom. The third-order valence-electron chi connectivity index (χ3n) is 4.98. The molecule has 3 rings (SSSR count). The maximum absolute atomic E-state index is 13.0. The van der Waals surface area contributed by atoms with Gasteiger partial charge < -0.3 is 9.47 Å². The van der Waals surface area contributed by atoms with Crippen LogP contribution in [0.4, 0.5) is 4.79 Å². The van der Waals surface area contributed by atoms with Crippen molar-refractivity contribution in [1.82, 2.24) is 10.2 Å². The molecule has 1 saturated heterocycles. The fraction of sp³-hybridized carbons (Fsp3) is 0.381. The van der Waals surface area contributed by atoms with Gasteiger partial charge in [-0.3, -0.25) is 19.8 Å². The van der Waals surface area contributed by atoms with Crippen LogP contribution in [0.25, 0.3) is 6.08 Å². The van der Waals surface area contributed by atoms with Crippen molar-refractivity contribution in [2.45, 2.75) is 38.1 Å². The number of benzene rings is 1. The number of ether oxygens (including phenoxy) is 2. The molecule has 0 unspecified atom stereocenters. The van der Waals surface area contributed by atoms with Gasteiger partial charge in [-0.25, -0.2) is 4.79 Å². The highest BCUT2D eigenvalue weighted by molar-refractivity contribution is 6.33. The summed E-state index contributed by atoms with van der Waals surface area (Å²) < 4.78 is 10.8. The van der Waals surface area contributed by atoms with Gasteiger partial charge in [0.1, 0.15) is 12.2 Å². The Balaban J connectivity index is 1.94. The Morgan fingerprint density at radius 2 is 1.97 bits per heavy atom.